The molecular formula is C15H16O. The van der Waals surface area contributed by atoms with Gasteiger partial charge in [-0.1, -0.05) is 36.4 Å². The summed E-state index contributed by atoms with van der Waals surface area (Å²) in [6.45, 7) is 4.00. The fourth-order valence-corrected chi connectivity index (χ4v) is 1.72. The van der Waals surface area contributed by atoms with E-state index in [1.54, 1.807) is 0 Å². The van der Waals surface area contributed by atoms with E-state index in [1.807, 2.05) is 32.1 Å². The molecule has 0 aliphatic carbocycles. The molecule has 0 atom stereocenters. The number of furan rings is 1. The Hall–Kier alpha value is -1.76. The van der Waals surface area contributed by atoms with Crippen molar-refractivity contribution < 1.29 is 4.42 Å². The summed E-state index contributed by atoms with van der Waals surface area (Å²) in [7, 11) is 0. The SMILES string of the molecule is C/C=C/c1ccc(Cc2ccc(C)o2)cc1. The Labute approximate surface area is 96.4 Å². The van der Waals surface area contributed by atoms with Gasteiger partial charge >= 0.3 is 0 Å². The Balaban J connectivity index is 2.10. The van der Waals surface area contributed by atoms with Gasteiger partial charge in [-0.3, -0.25) is 0 Å². The third-order valence-corrected chi connectivity index (χ3v) is 2.51. The van der Waals surface area contributed by atoms with E-state index in [2.05, 4.69) is 30.3 Å². The third-order valence-electron chi connectivity index (χ3n) is 2.51. The van der Waals surface area contributed by atoms with Crippen LogP contribution in [0.2, 0.25) is 0 Å². The van der Waals surface area contributed by atoms with E-state index < -0.39 is 0 Å². The van der Waals surface area contributed by atoms with Crippen LogP contribution in [0.3, 0.4) is 0 Å². The van der Waals surface area contributed by atoms with Crippen LogP contribution in [-0.2, 0) is 6.42 Å². The molecule has 82 valence electrons. The predicted octanol–water partition coefficient (Wildman–Crippen LogP) is 4.21. The van der Waals surface area contributed by atoms with Crippen molar-refractivity contribution in [2.75, 3.05) is 0 Å². The van der Waals surface area contributed by atoms with Gasteiger partial charge in [0, 0.05) is 6.42 Å². The summed E-state index contributed by atoms with van der Waals surface area (Å²) in [5, 5.41) is 0. The smallest absolute Gasteiger partial charge is 0.108 e. The molecule has 0 spiro atoms. The second-order valence-corrected chi connectivity index (χ2v) is 3.93. The summed E-state index contributed by atoms with van der Waals surface area (Å²) in [4.78, 5) is 0. The van der Waals surface area contributed by atoms with E-state index in [4.69, 9.17) is 4.42 Å². The molecule has 1 aromatic carbocycles. The first kappa shape index (κ1) is 10.7. The summed E-state index contributed by atoms with van der Waals surface area (Å²) in [5.41, 5.74) is 2.52. The van der Waals surface area contributed by atoms with Gasteiger partial charge in [-0.15, -0.1) is 0 Å². The number of benzene rings is 1. The van der Waals surface area contributed by atoms with Crippen molar-refractivity contribution in [3.8, 4) is 0 Å². The third kappa shape index (κ3) is 2.63. The zero-order chi connectivity index (χ0) is 11.4. The number of aryl methyl sites for hydroxylation is 1. The van der Waals surface area contributed by atoms with Gasteiger partial charge in [0.2, 0.25) is 0 Å². The van der Waals surface area contributed by atoms with E-state index >= 15 is 0 Å². The van der Waals surface area contributed by atoms with Crippen molar-refractivity contribution in [2.45, 2.75) is 20.3 Å². The quantitative estimate of drug-likeness (QED) is 0.742. The standard InChI is InChI=1S/C15H16O/c1-3-4-13-6-8-14(9-7-13)11-15-10-5-12(2)16-15/h3-10H,11H2,1-2H3/b4-3+. The molecule has 16 heavy (non-hydrogen) atoms. The maximum atomic E-state index is 5.55. The average Bonchev–Trinajstić information content (AvgIpc) is 2.67. The van der Waals surface area contributed by atoms with Crippen LogP contribution in [0.15, 0.2) is 46.9 Å². The van der Waals surface area contributed by atoms with Gasteiger partial charge in [0.05, 0.1) is 0 Å². The van der Waals surface area contributed by atoms with Gasteiger partial charge in [0.1, 0.15) is 11.5 Å². The van der Waals surface area contributed by atoms with Crippen molar-refractivity contribution in [1.82, 2.24) is 0 Å². The largest absolute Gasteiger partial charge is 0.466 e. The van der Waals surface area contributed by atoms with Crippen LogP contribution < -0.4 is 0 Å². The van der Waals surface area contributed by atoms with E-state index in [9.17, 15) is 0 Å². The maximum absolute atomic E-state index is 5.55. The summed E-state index contributed by atoms with van der Waals surface area (Å²) in [5.74, 6) is 2.00. The van der Waals surface area contributed by atoms with E-state index in [1.165, 1.54) is 11.1 Å². The van der Waals surface area contributed by atoms with Crippen LogP contribution in [0.5, 0.6) is 0 Å². The summed E-state index contributed by atoms with van der Waals surface area (Å²) in [6.07, 6.45) is 5.01. The lowest BCUT2D eigenvalue weighted by atomic mass is 10.1. The van der Waals surface area contributed by atoms with Crippen LogP contribution in [0.25, 0.3) is 6.08 Å². The first-order valence-electron chi connectivity index (χ1n) is 5.55. The molecule has 0 bridgehead atoms. The summed E-state index contributed by atoms with van der Waals surface area (Å²) < 4.78 is 5.55. The molecule has 1 aromatic heterocycles. The Morgan fingerprint density at radius 3 is 2.38 bits per heavy atom. The lowest BCUT2D eigenvalue weighted by molar-refractivity contribution is 0.493. The van der Waals surface area contributed by atoms with Crippen LogP contribution >= 0.6 is 0 Å². The minimum absolute atomic E-state index is 0.865. The first-order valence-corrected chi connectivity index (χ1v) is 5.55. The highest BCUT2D eigenvalue weighted by molar-refractivity contribution is 5.49. The second kappa shape index (κ2) is 4.84. The lowest BCUT2D eigenvalue weighted by Crippen LogP contribution is -1.85. The topological polar surface area (TPSA) is 13.1 Å². The molecule has 0 amide bonds. The predicted molar refractivity (Wildman–Crippen MR) is 67.4 cm³/mol. The van der Waals surface area contributed by atoms with Gasteiger partial charge < -0.3 is 4.42 Å². The highest BCUT2D eigenvalue weighted by Gasteiger charge is 2.00. The number of hydrogen-bond acceptors (Lipinski definition) is 1. The Morgan fingerprint density at radius 2 is 1.81 bits per heavy atom. The summed E-state index contributed by atoms with van der Waals surface area (Å²) in [6, 6.07) is 12.6. The Kier molecular flexibility index (Phi) is 3.25. The molecule has 1 nitrogen and oxygen atoms in total. The number of allylic oxidation sites excluding steroid dienone is 1. The Morgan fingerprint density at radius 1 is 1.06 bits per heavy atom. The Bertz CT molecular complexity index is 474. The second-order valence-electron chi connectivity index (χ2n) is 3.93. The molecule has 0 aliphatic rings. The minimum atomic E-state index is 0.865. The zero-order valence-electron chi connectivity index (χ0n) is 9.73. The monoisotopic (exact) mass is 212 g/mol. The van der Waals surface area contributed by atoms with E-state index in [0.717, 1.165) is 17.9 Å². The molecule has 1 heterocycles. The fraction of sp³-hybridized carbons (Fsp3) is 0.200. The molecule has 1 heteroatoms. The van der Waals surface area contributed by atoms with E-state index in [0.29, 0.717) is 0 Å². The van der Waals surface area contributed by atoms with Crippen molar-refractivity contribution in [2.24, 2.45) is 0 Å². The minimum Gasteiger partial charge on any atom is -0.466 e. The van der Waals surface area contributed by atoms with E-state index in [-0.39, 0.29) is 0 Å². The molecular weight excluding hydrogens is 196 g/mol. The van der Waals surface area contributed by atoms with Crippen LogP contribution in [0.1, 0.15) is 29.6 Å². The molecule has 0 fully saturated rings. The maximum Gasteiger partial charge on any atom is 0.108 e. The molecule has 0 unspecified atom stereocenters. The first-order chi connectivity index (χ1) is 7.78. The van der Waals surface area contributed by atoms with Crippen LogP contribution in [-0.4, -0.2) is 0 Å². The molecule has 0 aliphatic heterocycles. The molecule has 2 rings (SSSR count). The summed E-state index contributed by atoms with van der Waals surface area (Å²) >= 11 is 0. The molecule has 0 saturated heterocycles. The highest BCUT2D eigenvalue weighted by atomic mass is 16.3. The molecule has 0 radical (unpaired) electrons. The zero-order valence-corrected chi connectivity index (χ0v) is 9.73. The van der Waals surface area contributed by atoms with Crippen LogP contribution in [0, 0.1) is 6.92 Å². The van der Waals surface area contributed by atoms with Gasteiger partial charge in [0.25, 0.3) is 0 Å². The lowest BCUT2D eigenvalue weighted by Gasteiger charge is -1.99. The van der Waals surface area contributed by atoms with Gasteiger partial charge in [-0.2, -0.15) is 0 Å². The number of rotatable bonds is 3. The molecule has 2 aromatic rings. The fourth-order valence-electron chi connectivity index (χ4n) is 1.72. The van der Waals surface area contributed by atoms with Gasteiger partial charge in [0.15, 0.2) is 0 Å². The average molecular weight is 212 g/mol. The van der Waals surface area contributed by atoms with Crippen LogP contribution in [0.4, 0.5) is 0 Å². The van der Waals surface area contributed by atoms with Gasteiger partial charge in [-0.05, 0) is 37.1 Å². The molecule has 0 N–H and O–H groups in total. The highest BCUT2D eigenvalue weighted by Crippen LogP contribution is 2.14. The van der Waals surface area contributed by atoms with Crippen molar-refractivity contribution in [3.63, 3.8) is 0 Å². The van der Waals surface area contributed by atoms with Crippen molar-refractivity contribution in [1.29, 1.82) is 0 Å². The molecule has 0 saturated carbocycles. The van der Waals surface area contributed by atoms with Gasteiger partial charge in [-0.25, -0.2) is 0 Å². The number of hydrogen-bond donors (Lipinski definition) is 0. The van der Waals surface area contributed by atoms with Crippen molar-refractivity contribution >= 4 is 6.08 Å². The normalized spacial score (nSPS) is 11.1. The van der Waals surface area contributed by atoms with Crippen molar-refractivity contribution in [3.05, 3.63) is 65.1 Å².